The number of imidazole rings is 1. The van der Waals surface area contributed by atoms with Gasteiger partial charge in [-0.25, -0.2) is 4.98 Å². The number of halogens is 1. The molecule has 2 heterocycles. The monoisotopic (exact) mass is 378 g/mol. The van der Waals surface area contributed by atoms with Crippen LogP contribution in [0.5, 0.6) is 0 Å². The van der Waals surface area contributed by atoms with Crippen molar-refractivity contribution in [3.8, 4) is 0 Å². The molecular formula is C17H19ClN4O2S. The van der Waals surface area contributed by atoms with Gasteiger partial charge in [-0.05, 0) is 38.5 Å². The van der Waals surface area contributed by atoms with Crippen molar-refractivity contribution in [1.29, 1.82) is 0 Å². The molecule has 132 valence electrons. The van der Waals surface area contributed by atoms with Gasteiger partial charge in [0.05, 0.1) is 22.0 Å². The van der Waals surface area contributed by atoms with Gasteiger partial charge in [-0.2, -0.15) is 0 Å². The molecule has 6 nitrogen and oxygen atoms in total. The summed E-state index contributed by atoms with van der Waals surface area (Å²) in [6, 6.07) is 7.35. The third-order valence-electron chi connectivity index (χ3n) is 3.65. The molecule has 1 amide bonds. The highest BCUT2D eigenvalue weighted by atomic mass is 35.5. The number of amides is 1. The molecular weight excluding hydrogens is 360 g/mol. The van der Waals surface area contributed by atoms with Crippen LogP contribution in [-0.4, -0.2) is 25.9 Å². The number of rotatable bonds is 6. The molecule has 8 heteroatoms. The van der Waals surface area contributed by atoms with E-state index in [2.05, 4.69) is 26.9 Å². The molecule has 1 N–H and O–H groups in total. The van der Waals surface area contributed by atoms with Crippen molar-refractivity contribution >= 4 is 46.2 Å². The first-order chi connectivity index (χ1) is 12.0. The fourth-order valence-corrected chi connectivity index (χ4v) is 3.58. The van der Waals surface area contributed by atoms with Crippen LogP contribution in [0.1, 0.15) is 26.0 Å². The lowest BCUT2D eigenvalue weighted by Gasteiger charge is -2.12. The highest BCUT2D eigenvalue weighted by molar-refractivity contribution is 8.00. The predicted molar refractivity (Wildman–Crippen MR) is 100 cm³/mol. The summed E-state index contributed by atoms with van der Waals surface area (Å²) < 4.78 is 7.16. The average molecular weight is 379 g/mol. The minimum absolute atomic E-state index is 0.158. The zero-order chi connectivity index (χ0) is 18.0. The fraction of sp³-hybridized carbons (Fsp3) is 0.353. The van der Waals surface area contributed by atoms with Crippen LogP contribution < -0.4 is 5.32 Å². The van der Waals surface area contributed by atoms with Crippen molar-refractivity contribution in [1.82, 2.24) is 14.7 Å². The van der Waals surface area contributed by atoms with E-state index in [1.54, 1.807) is 13.0 Å². The number of hydrogen-bond acceptors (Lipinski definition) is 5. The molecule has 0 aliphatic rings. The first kappa shape index (κ1) is 17.8. The largest absolute Gasteiger partial charge is 0.338 e. The first-order valence-corrected chi connectivity index (χ1v) is 9.30. The maximum Gasteiger partial charge on any atom is 0.240 e. The number of carbonyl (C=O) groups is 1. The minimum Gasteiger partial charge on any atom is -0.338 e. The van der Waals surface area contributed by atoms with Crippen LogP contribution in [0.2, 0.25) is 5.02 Å². The topological polar surface area (TPSA) is 73.0 Å². The lowest BCUT2D eigenvalue weighted by Crippen LogP contribution is -2.22. The number of hydrogen-bond donors (Lipinski definition) is 1. The Hall–Kier alpha value is -1.99. The van der Waals surface area contributed by atoms with Crippen molar-refractivity contribution in [2.24, 2.45) is 0 Å². The maximum absolute atomic E-state index is 12.4. The molecule has 3 aromatic rings. The van der Waals surface area contributed by atoms with E-state index in [0.717, 1.165) is 34.8 Å². The number of fused-ring (bicyclic) bond motifs is 1. The second-order valence-corrected chi connectivity index (χ2v) is 7.51. The summed E-state index contributed by atoms with van der Waals surface area (Å²) in [4.78, 5) is 17.0. The molecule has 0 saturated carbocycles. The standard InChI is InChI=1S/C17H19ClN4O2S/c1-4-7-22-14-6-5-12(18)9-13(14)19-17(22)25-11(3)16(23)20-15-8-10(2)21-24-15/h5-6,8-9,11H,4,7H2,1-3H3,(H,20,23). The van der Waals surface area contributed by atoms with E-state index < -0.39 is 0 Å². The van der Waals surface area contributed by atoms with Crippen molar-refractivity contribution in [3.63, 3.8) is 0 Å². The second-order valence-electron chi connectivity index (χ2n) is 5.76. The van der Waals surface area contributed by atoms with Gasteiger partial charge in [0.15, 0.2) is 5.16 Å². The number of nitrogens with zero attached hydrogens (tertiary/aromatic N) is 3. The molecule has 3 rings (SSSR count). The van der Waals surface area contributed by atoms with Crippen molar-refractivity contribution in [2.45, 2.75) is 44.1 Å². The number of anilines is 1. The Morgan fingerprint density at radius 1 is 1.44 bits per heavy atom. The van der Waals surface area contributed by atoms with Crippen molar-refractivity contribution in [3.05, 3.63) is 35.0 Å². The van der Waals surface area contributed by atoms with Crippen molar-refractivity contribution < 1.29 is 9.32 Å². The molecule has 0 spiro atoms. The number of aryl methyl sites for hydroxylation is 2. The van der Waals surface area contributed by atoms with E-state index in [4.69, 9.17) is 16.1 Å². The lowest BCUT2D eigenvalue weighted by atomic mass is 10.3. The molecule has 1 unspecified atom stereocenters. The zero-order valence-corrected chi connectivity index (χ0v) is 15.8. The molecule has 0 aliphatic heterocycles. The van der Waals surface area contributed by atoms with Gasteiger partial charge in [0, 0.05) is 17.6 Å². The molecule has 2 aromatic heterocycles. The van der Waals surface area contributed by atoms with E-state index in [-0.39, 0.29) is 11.2 Å². The Bertz CT molecular complexity index is 905. The van der Waals surface area contributed by atoms with Gasteiger partial charge < -0.3 is 9.09 Å². The summed E-state index contributed by atoms with van der Waals surface area (Å²) in [6.45, 7) is 6.58. The van der Waals surface area contributed by atoms with Gasteiger partial charge in [-0.15, -0.1) is 0 Å². The third kappa shape index (κ3) is 3.99. The van der Waals surface area contributed by atoms with Crippen LogP contribution in [0, 0.1) is 6.92 Å². The smallest absolute Gasteiger partial charge is 0.240 e. The summed E-state index contributed by atoms with van der Waals surface area (Å²) in [6.07, 6.45) is 0.972. The van der Waals surface area contributed by atoms with E-state index in [1.807, 2.05) is 25.1 Å². The Morgan fingerprint density at radius 3 is 2.92 bits per heavy atom. The maximum atomic E-state index is 12.4. The van der Waals surface area contributed by atoms with Gasteiger partial charge in [-0.1, -0.05) is 35.4 Å². The highest BCUT2D eigenvalue weighted by Crippen LogP contribution is 2.29. The number of nitrogens with one attached hydrogen (secondary N) is 1. The van der Waals surface area contributed by atoms with Crippen LogP contribution in [0.25, 0.3) is 11.0 Å². The van der Waals surface area contributed by atoms with Crippen LogP contribution in [0.15, 0.2) is 33.9 Å². The fourth-order valence-electron chi connectivity index (χ4n) is 2.47. The minimum atomic E-state index is -0.340. The first-order valence-electron chi connectivity index (χ1n) is 8.04. The van der Waals surface area contributed by atoms with Gasteiger partial charge in [0.1, 0.15) is 0 Å². The third-order valence-corrected chi connectivity index (χ3v) is 4.97. The predicted octanol–water partition coefficient (Wildman–Crippen LogP) is 4.52. The molecule has 0 saturated heterocycles. The van der Waals surface area contributed by atoms with E-state index in [9.17, 15) is 4.79 Å². The zero-order valence-electron chi connectivity index (χ0n) is 14.2. The molecule has 1 atom stereocenters. The Labute approximate surface area is 154 Å². The Balaban J connectivity index is 1.81. The normalized spacial score (nSPS) is 12.5. The van der Waals surface area contributed by atoms with E-state index >= 15 is 0 Å². The lowest BCUT2D eigenvalue weighted by molar-refractivity contribution is -0.115. The Kier molecular flexibility index (Phi) is 5.34. The summed E-state index contributed by atoms with van der Waals surface area (Å²) in [7, 11) is 0. The molecule has 0 aliphatic carbocycles. The molecule has 25 heavy (non-hydrogen) atoms. The van der Waals surface area contributed by atoms with Crippen molar-refractivity contribution in [2.75, 3.05) is 5.32 Å². The molecule has 0 fully saturated rings. The van der Waals surface area contributed by atoms with Gasteiger partial charge in [-0.3, -0.25) is 10.1 Å². The molecule has 0 radical (unpaired) electrons. The van der Waals surface area contributed by atoms with E-state index in [0.29, 0.717) is 10.9 Å². The van der Waals surface area contributed by atoms with Gasteiger partial charge in [0.25, 0.3) is 0 Å². The quantitative estimate of drug-likeness (QED) is 0.638. The van der Waals surface area contributed by atoms with Gasteiger partial charge >= 0.3 is 0 Å². The summed E-state index contributed by atoms with van der Waals surface area (Å²) in [5.74, 6) is 0.193. The second kappa shape index (κ2) is 7.49. The SMILES string of the molecule is CCCn1c(SC(C)C(=O)Nc2cc(C)no2)nc2cc(Cl)ccc21. The highest BCUT2D eigenvalue weighted by Gasteiger charge is 2.20. The summed E-state index contributed by atoms with van der Waals surface area (Å²) in [5.41, 5.74) is 2.58. The number of carbonyl (C=O) groups excluding carboxylic acids is 1. The summed E-state index contributed by atoms with van der Waals surface area (Å²) >= 11 is 7.48. The molecule has 1 aromatic carbocycles. The van der Waals surface area contributed by atoms with E-state index in [1.165, 1.54) is 11.8 Å². The number of aromatic nitrogens is 3. The van der Waals surface area contributed by atoms with Crippen LogP contribution >= 0.6 is 23.4 Å². The van der Waals surface area contributed by atoms with Crippen LogP contribution in [0.3, 0.4) is 0 Å². The van der Waals surface area contributed by atoms with Crippen LogP contribution in [-0.2, 0) is 11.3 Å². The number of benzene rings is 1. The Morgan fingerprint density at radius 2 is 2.24 bits per heavy atom. The summed E-state index contributed by atoms with van der Waals surface area (Å²) in [5, 5.41) is 7.60. The average Bonchev–Trinajstić information content (AvgIpc) is 3.11. The molecule has 0 bridgehead atoms. The van der Waals surface area contributed by atoms with Gasteiger partial charge in [0.2, 0.25) is 11.8 Å². The number of thioether (sulfide) groups is 1. The van der Waals surface area contributed by atoms with Crippen LogP contribution in [0.4, 0.5) is 5.88 Å².